The highest BCUT2D eigenvalue weighted by atomic mass is 35.5. The van der Waals surface area contributed by atoms with E-state index >= 15 is 0 Å². The Kier molecular flexibility index (Phi) is 5.42. The van der Waals surface area contributed by atoms with Gasteiger partial charge in [0.2, 0.25) is 10.0 Å². The number of pyridine rings is 1. The quantitative estimate of drug-likeness (QED) is 0.649. The zero-order valence-electron chi connectivity index (χ0n) is 15.0. The number of nitrogens with one attached hydrogen (secondary N) is 1. The first-order chi connectivity index (χ1) is 12.4. The zero-order chi connectivity index (χ0) is 18.3. The summed E-state index contributed by atoms with van der Waals surface area (Å²) in [6.07, 6.45) is 4.32. The Bertz CT molecular complexity index is 1100. The van der Waals surface area contributed by atoms with Crippen LogP contribution in [-0.4, -0.2) is 13.4 Å². The van der Waals surface area contributed by atoms with Crippen LogP contribution in [0.4, 0.5) is 5.69 Å². The third-order valence-electron chi connectivity index (χ3n) is 4.88. The van der Waals surface area contributed by atoms with Crippen molar-refractivity contribution in [3.05, 3.63) is 65.4 Å². The van der Waals surface area contributed by atoms with Gasteiger partial charge in [0, 0.05) is 23.3 Å². The molecule has 0 saturated carbocycles. The molecule has 0 bridgehead atoms. The van der Waals surface area contributed by atoms with Crippen molar-refractivity contribution in [2.24, 2.45) is 0 Å². The average molecular weight is 404 g/mol. The molecule has 0 radical (unpaired) electrons. The Morgan fingerprint density at radius 1 is 1.19 bits per heavy atom. The highest BCUT2D eigenvalue weighted by Crippen LogP contribution is 2.33. The second-order valence-corrected chi connectivity index (χ2v) is 8.55. The second-order valence-electron chi connectivity index (χ2n) is 6.86. The number of hydrogen-bond donors (Lipinski definition) is 2. The molecule has 1 aromatic heterocycles. The molecule has 1 heterocycles. The lowest BCUT2D eigenvalue weighted by Gasteiger charge is -2.26. The molecule has 7 heteroatoms. The van der Waals surface area contributed by atoms with Crippen LogP contribution in [0.15, 0.2) is 53.6 Å². The third kappa shape index (κ3) is 3.78. The van der Waals surface area contributed by atoms with Crippen molar-refractivity contribution < 1.29 is 8.42 Å². The topological polar surface area (TPSA) is 85.1 Å². The molecular formula is C20H22ClN3O2S. The van der Waals surface area contributed by atoms with Crippen LogP contribution in [0.2, 0.25) is 0 Å². The Labute approximate surface area is 165 Å². The molecule has 1 aliphatic rings. The number of nitrogen functional groups attached to an aromatic ring is 1. The van der Waals surface area contributed by atoms with Crippen molar-refractivity contribution >= 4 is 39.0 Å². The van der Waals surface area contributed by atoms with Gasteiger partial charge in [0.1, 0.15) is 4.90 Å². The van der Waals surface area contributed by atoms with Crippen LogP contribution in [0.25, 0.3) is 10.9 Å². The molecule has 1 unspecified atom stereocenters. The van der Waals surface area contributed by atoms with Gasteiger partial charge in [0.05, 0.1) is 5.52 Å². The summed E-state index contributed by atoms with van der Waals surface area (Å²) in [6, 6.07) is 12.7. The van der Waals surface area contributed by atoms with Crippen molar-refractivity contribution in [1.29, 1.82) is 0 Å². The van der Waals surface area contributed by atoms with E-state index in [1.165, 1.54) is 0 Å². The van der Waals surface area contributed by atoms with Gasteiger partial charge < -0.3 is 5.73 Å². The smallest absolute Gasteiger partial charge is 0.243 e. The fraction of sp³-hybridized carbons (Fsp3) is 0.250. The lowest BCUT2D eigenvalue weighted by molar-refractivity contribution is 0.508. The fourth-order valence-electron chi connectivity index (χ4n) is 3.67. The number of anilines is 1. The summed E-state index contributed by atoms with van der Waals surface area (Å²) in [5.74, 6) is 0. The Morgan fingerprint density at radius 2 is 2.00 bits per heavy atom. The molecule has 4 rings (SSSR count). The van der Waals surface area contributed by atoms with Crippen LogP contribution in [0.1, 0.15) is 35.6 Å². The van der Waals surface area contributed by atoms with Crippen LogP contribution in [-0.2, 0) is 16.4 Å². The third-order valence-corrected chi connectivity index (χ3v) is 6.38. The number of para-hydroxylation sites is 1. The number of halogens is 1. The molecule has 1 aliphatic carbocycles. The summed E-state index contributed by atoms with van der Waals surface area (Å²) in [4.78, 5) is 4.58. The number of nitrogens with zero attached hydrogens (tertiary/aromatic N) is 1. The molecule has 0 saturated heterocycles. The van der Waals surface area contributed by atoms with E-state index < -0.39 is 10.0 Å². The summed E-state index contributed by atoms with van der Waals surface area (Å²) in [5, 5.41) is 0.824. The number of aromatic nitrogens is 1. The minimum Gasteiger partial charge on any atom is -0.399 e. The molecule has 142 valence electrons. The van der Waals surface area contributed by atoms with Gasteiger partial charge in [0.25, 0.3) is 0 Å². The minimum absolute atomic E-state index is 0. The first kappa shape index (κ1) is 19.6. The highest BCUT2D eigenvalue weighted by Gasteiger charge is 2.27. The molecule has 1 atom stereocenters. The van der Waals surface area contributed by atoms with Crippen LogP contribution >= 0.6 is 12.4 Å². The van der Waals surface area contributed by atoms with Gasteiger partial charge in [-0.2, -0.15) is 0 Å². The predicted molar refractivity (Wildman–Crippen MR) is 111 cm³/mol. The molecule has 0 spiro atoms. The summed E-state index contributed by atoms with van der Waals surface area (Å²) < 4.78 is 29.1. The molecular weight excluding hydrogens is 382 g/mol. The molecule has 0 aliphatic heterocycles. The van der Waals surface area contributed by atoms with Gasteiger partial charge in [-0.25, -0.2) is 13.1 Å². The van der Waals surface area contributed by atoms with E-state index in [9.17, 15) is 8.42 Å². The average Bonchev–Trinajstić information content (AvgIpc) is 2.60. The van der Waals surface area contributed by atoms with Gasteiger partial charge in [-0.05, 0) is 67.1 Å². The number of aryl methyl sites for hydroxylation is 2. The van der Waals surface area contributed by atoms with Gasteiger partial charge in [-0.15, -0.1) is 12.4 Å². The van der Waals surface area contributed by atoms with Crippen molar-refractivity contribution in [1.82, 2.24) is 9.71 Å². The van der Waals surface area contributed by atoms with E-state index in [2.05, 4.69) is 9.71 Å². The fourth-order valence-corrected chi connectivity index (χ4v) is 5.10. The number of rotatable bonds is 3. The summed E-state index contributed by atoms with van der Waals surface area (Å²) >= 11 is 0. The predicted octanol–water partition coefficient (Wildman–Crippen LogP) is 3.90. The Morgan fingerprint density at radius 3 is 2.81 bits per heavy atom. The SMILES string of the molecule is Cc1cnc2c(S(=O)(=O)NC3CCCc4cc(N)ccc43)cccc2c1.Cl. The molecule has 5 nitrogen and oxygen atoms in total. The molecule has 0 fully saturated rings. The number of benzene rings is 2. The number of sulfonamides is 1. The van der Waals surface area contributed by atoms with Gasteiger partial charge >= 0.3 is 0 Å². The molecule has 0 amide bonds. The zero-order valence-corrected chi connectivity index (χ0v) is 16.6. The van der Waals surface area contributed by atoms with E-state index in [-0.39, 0.29) is 23.3 Å². The molecule has 2 aromatic carbocycles. The number of fused-ring (bicyclic) bond motifs is 2. The molecule has 27 heavy (non-hydrogen) atoms. The van der Waals surface area contributed by atoms with Crippen LogP contribution in [0.3, 0.4) is 0 Å². The standard InChI is InChI=1S/C20H21N3O2S.ClH/c1-13-10-15-5-3-7-19(20(15)22-12-13)26(24,25)23-18-6-2-4-14-11-16(21)8-9-17(14)18;/h3,5,7-12,18,23H,2,4,6,21H2,1H3;1H. The van der Waals surface area contributed by atoms with Crippen LogP contribution in [0, 0.1) is 6.92 Å². The van der Waals surface area contributed by atoms with Gasteiger partial charge in [0.15, 0.2) is 0 Å². The van der Waals surface area contributed by atoms with Crippen molar-refractivity contribution in [3.63, 3.8) is 0 Å². The summed E-state index contributed by atoms with van der Waals surface area (Å²) in [5.41, 5.74) is 10.2. The van der Waals surface area contributed by atoms with E-state index in [0.717, 1.165) is 41.3 Å². The lowest BCUT2D eigenvalue weighted by atomic mass is 9.88. The van der Waals surface area contributed by atoms with E-state index in [4.69, 9.17) is 5.73 Å². The lowest BCUT2D eigenvalue weighted by Crippen LogP contribution is -2.31. The van der Waals surface area contributed by atoms with Crippen molar-refractivity contribution in [3.8, 4) is 0 Å². The van der Waals surface area contributed by atoms with E-state index in [1.807, 2.05) is 37.3 Å². The summed E-state index contributed by atoms with van der Waals surface area (Å²) in [6.45, 7) is 1.94. The maximum Gasteiger partial charge on any atom is 0.243 e. The van der Waals surface area contributed by atoms with E-state index in [1.54, 1.807) is 18.3 Å². The molecule has 3 aromatic rings. The van der Waals surface area contributed by atoms with Crippen molar-refractivity contribution in [2.45, 2.75) is 37.1 Å². The first-order valence-electron chi connectivity index (χ1n) is 8.70. The maximum absolute atomic E-state index is 13.1. The monoisotopic (exact) mass is 403 g/mol. The Balaban J connectivity index is 0.00000210. The largest absolute Gasteiger partial charge is 0.399 e. The van der Waals surface area contributed by atoms with Crippen LogP contribution < -0.4 is 10.5 Å². The minimum atomic E-state index is -3.70. The molecule has 3 N–H and O–H groups in total. The van der Waals surface area contributed by atoms with E-state index in [0.29, 0.717) is 11.2 Å². The second kappa shape index (κ2) is 7.46. The van der Waals surface area contributed by atoms with Gasteiger partial charge in [-0.3, -0.25) is 4.98 Å². The number of nitrogens with two attached hydrogens (primary N) is 1. The first-order valence-corrected chi connectivity index (χ1v) is 10.2. The number of hydrogen-bond acceptors (Lipinski definition) is 4. The van der Waals surface area contributed by atoms with Crippen molar-refractivity contribution in [2.75, 3.05) is 5.73 Å². The van der Waals surface area contributed by atoms with Gasteiger partial charge in [-0.1, -0.05) is 18.2 Å². The summed E-state index contributed by atoms with van der Waals surface area (Å²) in [7, 11) is -3.70. The maximum atomic E-state index is 13.1. The van der Waals surface area contributed by atoms with Crippen LogP contribution in [0.5, 0.6) is 0 Å². The highest BCUT2D eigenvalue weighted by molar-refractivity contribution is 7.89. The normalized spacial score (nSPS) is 16.6. The Hall–Kier alpha value is -2.15.